The zero-order valence-corrected chi connectivity index (χ0v) is 21.5. The molecule has 8 heteroatoms. The highest BCUT2D eigenvalue weighted by Gasteiger charge is 2.28. The number of aromatic nitrogens is 2. The van der Waals surface area contributed by atoms with Crippen LogP contribution in [0.2, 0.25) is 10.0 Å². The van der Waals surface area contributed by atoms with E-state index in [9.17, 15) is 9.90 Å². The molecule has 4 rings (SSSR count). The van der Waals surface area contributed by atoms with Gasteiger partial charge in [-0.25, -0.2) is 4.98 Å². The maximum atomic E-state index is 12.6. The van der Waals surface area contributed by atoms with Crippen LogP contribution in [0.1, 0.15) is 43.0 Å². The molecule has 180 valence electrons. The molecular formula is C26H30Cl2N4O2. The number of anilines is 1. The number of halogens is 2. The van der Waals surface area contributed by atoms with Crippen LogP contribution in [0.25, 0.3) is 22.3 Å². The van der Waals surface area contributed by atoms with Crippen LogP contribution in [0, 0.1) is 5.92 Å². The van der Waals surface area contributed by atoms with E-state index in [2.05, 4.69) is 35.9 Å². The summed E-state index contributed by atoms with van der Waals surface area (Å²) in [5, 5.41) is 10.3. The SMILES string of the molecule is CC(=O)c1cnc2ccc(-c3cc(Cl)c(O)c(Cl)c3)nc2c1N(C)C1CCC(CN(C)C)CC1. The van der Waals surface area contributed by atoms with E-state index in [1.54, 1.807) is 25.3 Å². The zero-order valence-electron chi connectivity index (χ0n) is 20.0. The zero-order chi connectivity index (χ0) is 24.6. The predicted molar refractivity (Wildman–Crippen MR) is 139 cm³/mol. The molecule has 0 aliphatic heterocycles. The van der Waals surface area contributed by atoms with Gasteiger partial charge < -0.3 is 14.9 Å². The Hall–Kier alpha value is -2.41. The number of carbonyl (C=O) groups is 1. The number of benzene rings is 1. The summed E-state index contributed by atoms with van der Waals surface area (Å²) >= 11 is 12.3. The van der Waals surface area contributed by atoms with Crippen LogP contribution in [0.3, 0.4) is 0 Å². The second kappa shape index (κ2) is 10.1. The first-order valence-electron chi connectivity index (χ1n) is 11.5. The van der Waals surface area contributed by atoms with E-state index in [4.69, 9.17) is 28.2 Å². The van der Waals surface area contributed by atoms with Crippen molar-refractivity contribution in [1.82, 2.24) is 14.9 Å². The molecule has 2 heterocycles. The van der Waals surface area contributed by atoms with Gasteiger partial charge in [-0.15, -0.1) is 0 Å². The summed E-state index contributed by atoms with van der Waals surface area (Å²) in [6.45, 7) is 2.67. The minimum absolute atomic E-state index is 0.0412. The highest BCUT2D eigenvalue weighted by Crippen LogP contribution is 2.38. The fourth-order valence-corrected chi connectivity index (χ4v) is 5.44. The second-order valence-electron chi connectivity index (χ2n) is 9.48. The van der Waals surface area contributed by atoms with Crippen molar-refractivity contribution in [3.63, 3.8) is 0 Å². The van der Waals surface area contributed by atoms with Gasteiger partial charge in [0.25, 0.3) is 0 Å². The number of rotatable bonds is 6. The first-order valence-corrected chi connectivity index (χ1v) is 12.3. The Morgan fingerprint density at radius 2 is 1.74 bits per heavy atom. The molecule has 0 radical (unpaired) electrons. The van der Waals surface area contributed by atoms with E-state index in [0.717, 1.165) is 37.9 Å². The van der Waals surface area contributed by atoms with Gasteiger partial charge >= 0.3 is 0 Å². The molecule has 0 amide bonds. The Morgan fingerprint density at radius 3 is 2.32 bits per heavy atom. The Kier molecular flexibility index (Phi) is 7.31. The minimum Gasteiger partial charge on any atom is -0.505 e. The summed E-state index contributed by atoms with van der Waals surface area (Å²) in [5.41, 5.74) is 4.09. The third-order valence-electron chi connectivity index (χ3n) is 6.72. The number of hydrogen-bond acceptors (Lipinski definition) is 6. The fraction of sp³-hybridized carbons (Fsp3) is 0.423. The number of carbonyl (C=O) groups excluding carboxylic acids is 1. The Bertz CT molecular complexity index is 1200. The number of ketones is 1. The Morgan fingerprint density at radius 1 is 1.09 bits per heavy atom. The third-order valence-corrected chi connectivity index (χ3v) is 7.29. The lowest BCUT2D eigenvalue weighted by Gasteiger charge is -2.37. The average Bonchev–Trinajstić information content (AvgIpc) is 2.80. The molecule has 6 nitrogen and oxygen atoms in total. The van der Waals surface area contributed by atoms with Gasteiger partial charge in [-0.1, -0.05) is 23.2 Å². The van der Waals surface area contributed by atoms with Crippen LogP contribution >= 0.6 is 23.2 Å². The summed E-state index contributed by atoms with van der Waals surface area (Å²) in [6, 6.07) is 7.33. The fourth-order valence-electron chi connectivity index (χ4n) is 4.96. The average molecular weight is 501 g/mol. The maximum absolute atomic E-state index is 12.6. The van der Waals surface area contributed by atoms with Crippen molar-refractivity contribution < 1.29 is 9.90 Å². The summed E-state index contributed by atoms with van der Waals surface area (Å²) in [6.07, 6.45) is 6.12. The molecule has 2 aromatic heterocycles. The van der Waals surface area contributed by atoms with Crippen LogP contribution < -0.4 is 4.90 Å². The molecule has 0 unspecified atom stereocenters. The number of fused-ring (bicyclic) bond motifs is 1. The summed E-state index contributed by atoms with van der Waals surface area (Å²) in [7, 11) is 6.30. The molecule has 0 bridgehead atoms. The van der Waals surface area contributed by atoms with Crippen molar-refractivity contribution in [1.29, 1.82) is 0 Å². The molecule has 1 aliphatic carbocycles. The van der Waals surface area contributed by atoms with Crippen molar-refractivity contribution >= 4 is 45.7 Å². The summed E-state index contributed by atoms with van der Waals surface area (Å²) < 4.78 is 0. The van der Waals surface area contributed by atoms with Crippen LogP contribution in [0.15, 0.2) is 30.5 Å². The number of hydrogen-bond donors (Lipinski definition) is 1. The number of aromatic hydroxyl groups is 1. The van der Waals surface area contributed by atoms with Gasteiger partial charge in [0.05, 0.1) is 32.5 Å². The largest absolute Gasteiger partial charge is 0.505 e. The monoisotopic (exact) mass is 500 g/mol. The first kappa shape index (κ1) is 24.7. The van der Waals surface area contributed by atoms with Gasteiger partial charge in [0.15, 0.2) is 11.5 Å². The highest BCUT2D eigenvalue weighted by atomic mass is 35.5. The van der Waals surface area contributed by atoms with Crippen molar-refractivity contribution in [3.05, 3.63) is 46.1 Å². The number of Topliss-reactive ketones (excluding diaryl/α,β-unsaturated/α-hetero) is 1. The van der Waals surface area contributed by atoms with Crippen molar-refractivity contribution in [3.8, 4) is 17.0 Å². The molecule has 3 aromatic rings. The van der Waals surface area contributed by atoms with E-state index >= 15 is 0 Å². The number of pyridine rings is 2. The van der Waals surface area contributed by atoms with Gasteiger partial charge in [-0.2, -0.15) is 0 Å². The van der Waals surface area contributed by atoms with Crippen molar-refractivity contribution in [2.75, 3.05) is 32.6 Å². The van der Waals surface area contributed by atoms with E-state index in [0.29, 0.717) is 39.8 Å². The summed E-state index contributed by atoms with van der Waals surface area (Å²) in [5.74, 6) is 0.508. The normalized spacial score (nSPS) is 18.4. The van der Waals surface area contributed by atoms with Crippen LogP contribution in [0.5, 0.6) is 5.75 Å². The highest BCUT2D eigenvalue weighted by molar-refractivity contribution is 6.37. The Labute approximate surface area is 210 Å². The van der Waals surface area contributed by atoms with E-state index in [1.165, 1.54) is 0 Å². The Balaban J connectivity index is 1.76. The minimum atomic E-state index is -0.154. The van der Waals surface area contributed by atoms with E-state index in [-0.39, 0.29) is 21.6 Å². The lowest BCUT2D eigenvalue weighted by molar-refractivity contribution is 0.101. The van der Waals surface area contributed by atoms with E-state index in [1.807, 2.05) is 12.1 Å². The van der Waals surface area contributed by atoms with Gasteiger partial charge in [0.2, 0.25) is 0 Å². The molecule has 1 N–H and O–H groups in total. The lowest BCUT2D eigenvalue weighted by atomic mass is 9.85. The van der Waals surface area contributed by atoms with Crippen LogP contribution in [0.4, 0.5) is 5.69 Å². The van der Waals surface area contributed by atoms with Gasteiger partial charge in [-0.3, -0.25) is 9.78 Å². The lowest BCUT2D eigenvalue weighted by Crippen LogP contribution is -2.38. The standard InChI is InChI=1S/C26H30Cl2N4O2/c1-15(33)19-13-29-23-10-9-22(17-11-20(27)26(34)21(28)12-17)30-24(23)25(19)32(4)18-7-5-16(6-8-18)14-31(2)3/h9-13,16,18,34H,5-8,14H2,1-4H3. The first-order chi connectivity index (χ1) is 16.2. The topological polar surface area (TPSA) is 69.6 Å². The van der Waals surface area contributed by atoms with Gasteiger partial charge in [0.1, 0.15) is 5.52 Å². The molecule has 1 fully saturated rings. The second-order valence-corrected chi connectivity index (χ2v) is 10.3. The smallest absolute Gasteiger partial charge is 0.163 e. The number of phenolic OH excluding ortho intramolecular Hbond substituents is 1. The number of nitrogens with zero attached hydrogens (tertiary/aromatic N) is 4. The van der Waals surface area contributed by atoms with Gasteiger partial charge in [0, 0.05) is 31.4 Å². The van der Waals surface area contributed by atoms with Crippen molar-refractivity contribution in [2.24, 2.45) is 5.92 Å². The summed E-state index contributed by atoms with van der Waals surface area (Å²) in [4.78, 5) is 26.5. The molecule has 0 saturated heterocycles. The van der Waals surface area contributed by atoms with Crippen LogP contribution in [-0.2, 0) is 0 Å². The van der Waals surface area contributed by atoms with Crippen molar-refractivity contribution in [2.45, 2.75) is 38.6 Å². The van der Waals surface area contributed by atoms with Gasteiger partial charge in [-0.05, 0) is 76.9 Å². The maximum Gasteiger partial charge on any atom is 0.163 e. The molecule has 0 atom stereocenters. The van der Waals surface area contributed by atoms with Crippen LogP contribution in [-0.4, -0.2) is 59.5 Å². The van der Waals surface area contributed by atoms with E-state index < -0.39 is 0 Å². The molecule has 1 saturated carbocycles. The molecule has 34 heavy (non-hydrogen) atoms. The quantitative estimate of drug-likeness (QED) is 0.414. The molecule has 1 aromatic carbocycles. The predicted octanol–water partition coefficient (Wildman–Crippen LogP) is 6.07. The molecular weight excluding hydrogens is 471 g/mol. The molecule has 0 spiro atoms. The molecule has 1 aliphatic rings. The number of phenols is 1. The third kappa shape index (κ3) is 4.99.